The van der Waals surface area contributed by atoms with Crippen LogP contribution < -0.4 is 39.4 Å². The molecule has 9 nitrogen and oxygen atoms in total. The fourth-order valence-corrected chi connectivity index (χ4v) is 2.83. The summed E-state index contributed by atoms with van der Waals surface area (Å²) >= 11 is 0. The van der Waals surface area contributed by atoms with Gasteiger partial charge in [0.15, 0.2) is 0 Å². The SMILES string of the molecule is O=C([O-])[C@H]1O[C@@H](Oc2ccc3[nH]cc(CCO)c3c2)[C@H](O)[C@@H](O)[C@@H]1O.[Na+]. The van der Waals surface area contributed by atoms with E-state index in [2.05, 4.69) is 4.98 Å². The standard InChI is InChI=1S/C16H19NO8.Na/c18-4-3-7-6-17-10-2-1-8(5-9(7)10)24-16-13(21)11(19)12(20)14(25-16)15(22)23;/h1-2,5-6,11-14,16-21H,3-4H2,(H,22,23);/q;+1/p-1/t11-,12-,13+,14-,16+;/m0./s1. The molecule has 0 radical (unpaired) electrons. The molecule has 2 aromatic rings. The number of benzene rings is 1. The molecular formula is C16H18NNaO8. The van der Waals surface area contributed by atoms with Crippen LogP contribution in [0.2, 0.25) is 0 Å². The molecule has 1 aliphatic heterocycles. The van der Waals surface area contributed by atoms with Crippen molar-refractivity contribution in [2.24, 2.45) is 0 Å². The zero-order valence-corrected chi connectivity index (χ0v) is 16.0. The molecule has 1 saturated heterocycles. The molecule has 5 N–H and O–H groups in total. The maximum atomic E-state index is 11.0. The zero-order valence-electron chi connectivity index (χ0n) is 14.0. The van der Waals surface area contributed by atoms with Crippen LogP contribution >= 0.6 is 0 Å². The van der Waals surface area contributed by atoms with Crippen molar-refractivity contribution < 1.29 is 69.4 Å². The van der Waals surface area contributed by atoms with E-state index in [1.165, 1.54) is 0 Å². The molecule has 0 aliphatic carbocycles. The molecule has 0 unspecified atom stereocenters. The molecule has 0 spiro atoms. The van der Waals surface area contributed by atoms with E-state index in [9.17, 15) is 25.2 Å². The number of ether oxygens (including phenoxy) is 2. The van der Waals surface area contributed by atoms with Gasteiger partial charge in [-0.15, -0.1) is 0 Å². The Kier molecular flexibility index (Phi) is 7.05. The second kappa shape index (κ2) is 8.68. The topological polar surface area (TPSA) is 155 Å². The van der Waals surface area contributed by atoms with Crippen molar-refractivity contribution in [1.29, 1.82) is 0 Å². The summed E-state index contributed by atoms with van der Waals surface area (Å²) in [5.41, 5.74) is 1.67. The van der Waals surface area contributed by atoms with E-state index in [4.69, 9.17) is 14.6 Å². The summed E-state index contributed by atoms with van der Waals surface area (Å²) in [7, 11) is 0. The van der Waals surface area contributed by atoms with Crippen LogP contribution in [0, 0.1) is 0 Å². The van der Waals surface area contributed by atoms with Crippen molar-refractivity contribution in [3.8, 4) is 5.75 Å². The van der Waals surface area contributed by atoms with Gasteiger partial charge in [-0.25, -0.2) is 0 Å². The number of carboxylic acid groups (broad SMARTS) is 1. The molecular weight excluding hydrogens is 357 g/mol. The zero-order chi connectivity index (χ0) is 18.1. The number of aliphatic carboxylic acids is 1. The Balaban J connectivity index is 0.00000243. The van der Waals surface area contributed by atoms with Gasteiger partial charge in [-0.2, -0.15) is 0 Å². The van der Waals surface area contributed by atoms with Crippen LogP contribution in [0.1, 0.15) is 5.56 Å². The summed E-state index contributed by atoms with van der Waals surface area (Å²) in [5, 5.41) is 50.3. The first kappa shape index (κ1) is 21.1. The van der Waals surface area contributed by atoms with Gasteiger partial charge in [0, 0.05) is 23.7 Å². The van der Waals surface area contributed by atoms with Crippen molar-refractivity contribution in [3.05, 3.63) is 30.0 Å². The second-order valence-electron chi connectivity index (χ2n) is 5.83. The first-order valence-corrected chi connectivity index (χ1v) is 7.70. The number of hydrogen-bond acceptors (Lipinski definition) is 8. The van der Waals surface area contributed by atoms with Crippen LogP contribution in [0.3, 0.4) is 0 Å². The number of carbonyl (C=O) groups is 1. The van der Waals surface area contributed by atoms with Gasteiger partial charge >= 0.3 is 29.6 Å². The number of carboxylic acids is 1. The van der Waals surface area contributed by atoms with Crippen LogP contribution in [0.25, 0.3) is 10.9 Å². The van der Waals surface area contributed by atoms with Crippen LogP contribution in [0.15, 0.2) is 24.4 Å². The Labute approximate surface area is 170 Å². The maximum Gasteiger partial charge on any atom is 1.00 e. The summed E-state index contributed by atoms with van der Waals surface area (Å²) in [5.74, 6) is -1.46. The molecule has 1 aromatic heterocycles. The quantitative estimate of drug-likeness (QED) is 0.325. The van der Waals surface area contributed by atoms with Gasteiger partial charge in [-0.1, -0.05) is 0 Å². The second-order valence-corrected chi connectivity index (χ2v) is 5.83. The van der Waals surface area contributed by atoms with Gasteiger partial charge in [0.1, 0.15) is 30.2 Å². The number of H-pyrrole nitrogens is 1. The van der Waals surface area contributed by atoms with Crippen molar-refractivity contribution in [2.75, 3.05) is 6.61 Å². The molecule has 2 heterocycles. The van der Waals surface area contributed by atoms with E-state index in [-0.39, 0.29) is 41.9 Å². The number of aliphatic hydroxyl groups excluding tert-OH is 4. The number of fused-ring (bicyclic) bond motifs is 1. The van der Waals surface area contributed by atoms with Gasteiger partial charge in [0.25, 0.3) is 0 Å². The van der Waals surface area contributed by atoms with Crippen molar-refractivity contribution in [2.45, 2.75) is 37.1 Å². The van der Waals surface area contributed by atoms with Gasteiger partial charge in [-0.05, 0) is 30.2 Å². The number of rotatable bonds is 5. The first-order valence-electron chi connectivity index (χ1n) is 7.70. The fraction of sp³-hybridized carbons (Fsp3) is 0.438. The van der Waals surface area contributed by atoms with Crippen LogP contribution in [-0.2, 0) is 16.0 Å². The van der Waals surface area contributed by atoms with Crippen molar-refractivity contribution in [3.63, 3.8) is 0 Å². The number of aromatic amines is 1. The predicted molar refractivity (Wildman–Crippen MR) is 81.4 cm³/mol. The maximum absolute atomic E-state index is 11.0. The minimum Gasteiger partial charge on any atom is -0.547 e. The third-order valence-electron chi connectivity index (χ3n) is 4.17. The van der Waals surface area contributed by atoms with Crippen LogP contribution in [-0.4, -0.2) is 68.7 Å². The number of carbonyl (C=O) groups excluding carboxylic acids is 1. The van der Waals surface area contributed by atoms with Gasteiger partial charge in [0.2, 0.25) is 6.29 Å². The summed E-state index contributed by atoms with van der Waals surface area (Å²) in [6.07, 6.45) is -6.38. The normalized spacial score (nSPS) is 28.5. The molecule has 0 amide bonds. The first-order chi connectivity index (χ1) is 11.9. The fourth-order valence-electron chi connectivity index (χ4n) is 2.83. The van der Waals surface area contributed by atoms with E-state index >= 15 is 0 Å². The minimum atomic E-state index is -1.83. The predicted octanol–water partition coefficient (Wildman–Crippen LogP) is -5.36. The van der Waals surface area contributed by atoms with E-state index in [0.717, 1.165) is 16.5 Å². The van der Waals surface area contributed by atoms with E-state index in [1.807, 2.05) is 0 Å². The Morgan fingerprint density at radius 2 is 1.96 bits per heavy atom. The summed E-state index contributed by atoms with van der Waals surface area (Å²) in [6.45, 7) is -0.0279. The molecule has 1 aliphatic rings. The molecule has 0 bridgehead atoms. The largest absolute Gasteiger partial charge is 1.00 e. The van der Waals surface area contributed by atoms with E-state index in [0.29, 0.717) is 6.42 Å². The summed E-state index contributed by atoms with van der Waals surface area (Å²) in [6, 6.07) is 4.92. The number of aliphatic hydroxyl groups is 4. The van der Waals surface area contributed by atoms with E-state index in [1.54, 1.807) is 24.4 Å². The number of aromatic nitrogens is 1. The van der Waals surface area contributed by atoms with Crippen LogP contribution in [0.4, 0.5) is 0 Å². The van der Waals surface area contributed by atoms with Gasteiger partial charge in [0.05, 0.1) is 5.97 Å². The van der Waals surface area contributed by atoms with Crippen molar-refractivity contribution in [1.82, 2.24) is 4.98 Å². The average Bonchev–Trinajstić information content (AvgIpc) is 2.98. The Hall–Kier alpha value is -1.17. The smallest absolute Gasteiger partial charge is 0.547 e. The Bertz CT molecular complexity index is 766. The number of nitrogens with one attached hydrogen (secondary N) is 1. The monoisotopic (exact) mass is 375 g/mol. The molecule has 136 valence electrons. The van der Waals surface area contributed by atoms with Gasteiger partial charge in [-0.3, -0.25) is 0 Å². The average molecular weight is 375 g/mol. The number of hydrogen-bond donors (Lipinski definition) is 5. The molecule has 3 rings (SSSR count). The van der Waals surface area contributed by atoms with Gasteiger partial charge < -0.3 is 44.8 Å². The molecule has 0 saturated carbocycles. The molecule has 10 heteroatoms. The Morgan fingerprint density at radius 3 is 2.62 bits per heavy atom. The third-order valence-corrected chi connectivity index (χ3v) is 4.17. The molecule has 1 aromatic carbocycles. The summed E-state index contributed by atoms with van der Waals surface area (Å²) < 4.78 is 10.5. The molecule has 5 atom stereocenters. The Morgan fingerprint density at radius 1 is 1.23 bits per heavy atom. The van der Waals surface area contributed by atoms with Crippen molar-refractivity contribution >= 4 is 16.9 Å². The molecule has 26 heavy (non-hydrogen) atoms. The summed E-state index contributed by atoms with van der Waals surface area (Å²) in [4.78, 5) is 14.0. The van der Waals surface area contributed by atoms with E-state index < -0.39 is 36.7 Å². The molecule has 1 fully saturated rings. The minimum absolute atomic E-state index is 0. The third kappa shape index (κ3) is 4.05. The van der Waals surface area contributed by atoms with Crippen LogP contribution in [0.5, 0.6) is 5.75 Å².